The number of morpholine rings is 1. The average molecular weight is 326 g/mol. The van der Waals surface area contributed by atoms with Gasteiger partial charge < -0.3 is 14.5 Å². The number of ether oxygens (including phenoxy) is 1. The van der Waals surface area contributed by atoms with E-state index in [0.29, 0.717) is 0 Å². The van der Waals surface area contributed by atoms with Gasteiger partial charge in [-0.3, -0.25) is 4.90 Å². The molecule has 1 N–H and O–H groups in total. The molecule has 1 atom stereocenters. The number of nitrogens with one attached hydrogen (secondary N) is 1. The quantitative estimate of drug-likeness (QED) is 0.793. The van der Waals surface area contributed by atoms with Crippen LogP contribution in [0.2, 0.25) is 0 Å². The zero-order valence-corrected chi connectivity index (χ0v) is 14.3. The van der Waals surface area contributed by atoms with Gasteiger partial charge in [-0.1, -0.05) is 42.5 Å². The Kier molecular flexibility index (Phi) is 6.24. The Morgan fingerprint density at radius 3 is 2.62 bits per heavy atom. The van der Waals surface area contributed by atoms with Crippen molar-refractivity contribution < 1.29 is 9.15 Å². The number of benzene rings is 1. The summed E-state index contributed by atoms with van der Waals surface area (Å²) in [6.07, 6.45) is 4.31. The number of rotatable bonds is 7. The topological polar surface area (TPSA) is 37.6 Å². The summed E-state index contributed by atoms with van der Waals surface area (Å²) >= 11 is 0. The lowest BCUT2D eigenvalue weighted by Crippen LogP contribution is -2.42. The average Bonchev–Trinajstić information content (AvgIpc) is 3.06. The van der Waals surface area contributed by atoms with E-state index >= 15 is 0 Å². The van der Waals surface area contributed by atoms with E-state index in [1.165, 1.54) is 5.56 Å². The van der Waals surface area contributed by atoms with Crippen molar-refractivity contribution in [2.24, 2.45) is 0 Å². The van der Waals surface area contributed by atoms with Gasteiger partial charge in [0.25, 0.3) is 0 Å². The summed E-state index contributed by atoms with van der Waals surface area (Å²) < 4.78 is 11.4. The lowest BCUT2D eigenvalue weighted by Gasteiger charge is -2.33. The van der Waals surface area contributed by atoms with Gasteiger partial charge in [-0.05, 0) is 24.6 Å². The van der Waals surface area contributed by atoms with Gasteiger partial charge in [-0.15, -0.1) is 0 Å². The Balaban J connectivity index is 1.55. The first kappa shape index (κ1) is 17.0. The summed E-state index contributed by atoms with van der Waals surface area (Å²) in [6, 6.07) is 14.8. The fourth-order valence-corrected chi connectivity index (χ4v) is 2.99. The van der Waals surface area contributed by atoms with Crippen molar-refractivity contribution in [1.29, 1.82) is 0 Å². The first-order valence-corrected chi connectivity index (χ1v) is 8.63. The maximum Gasteiger partial charge on any atom is 0.122 e. The molecule has 1 aromatic heterocycles. The second-order valence-corrected chi connectivity index (χ2v) is 6.08. The third-order valence-electron chi connectivity index (χ3n) is 4.29. The van der Waals surface area contributed by atoms with Crippen LogP contribution < -0.4 is 5.32 Å². The molecule has 0 aliphatic carbocycles. The second kappa shape index (κ2) is 8.83. The molecule has 1 aliphatic heterocycles. The Labute approximate surface area is 144 Å². The Morgan fingerprint density at radius 1 is 1.12 bits per heavy atom. The van der Waals surface area contributed by atoms with Gasteiger partial charge in [-0.25, -0.2) is 0 Å². The van der Waals surface area contributed by atoms with Crippen LogP contribution in [0.25, 0.3) is 6.08 Å². The number of furan rings is 1. The summed E-state index contributed by atoms with van der Waals surface area (Å²) in [5.74, 6) is 2.00. The predicted octanol–water partition coefficient (Wildman–Crippen LogP) is 3.26. The summed E-state index contributed by atoms with van der Waals surface area (Å²) in [5, 5.41) is 3.53. The fourth-order valence-electron chi connectivity index (χ4n) is 2.99. The van der Waals surface area contributed by atoms with Crippen LogP contribution >= 0.6 is 0 Å². The standard InChI is InChI=1S/C20H26N2O2/c1-17-9-10-20(24-17)19(22-12-14-23-15-13-22)16-21-11-5-8-18-6-3-2-4-7-18/h2-10,19,21H,11-16H2,1H3/b8-5+. The second-order valence-electron chi connectivity index (χ2n) is 6.08. The SMILES string of the molecule is Cc1ccc(C(CNC/C=C/c2ccccc2)N2CCOCC2)o1. The molecule has 4 heteroatoms. The highest BCUT2D eigenvalue weighted by Gasteiger charge is 2.24. The van der Waals surface area contributed by atoms with E-state index in [-0.39, 0.29) is 6.04 Å². The minimum Gasteiger partial charge on any atom is -0.465 e. The van der Waals surface area contributed by atoms with Crippen LogP contribution in [0, 0.1) is 6.92 Å². The molecule has 0 bridgehead atoms. The van der Waals surface area contributed by atoms with Crippen LogP contribution in [-0.4, -0.2) is 44.3 Å². The van der Waals surface area contributed by atoms with E-state index < -0.39 is 0 Å². The lowest BCUT2D eigenvalue weighted by molar-refractivity contribution is 0.0117. The largest absolute Gasteiger partial charge is 0.465 e. The first-order chi connectivity index (χ1) is 11.8. The van der Waals surface area contributed by atoms with Crippen molar-refractivity contribution in [3.05, 3.63) is 65.6 Å². The van der Waals surface area contributed by atoms with Crippen molar-refractivity contribution in [2.45, 2.75) is 13.0 Å². The molecular weight excluding hydrogens is 300 g/mol. The van der Waals surface area contributed by atoms with E-state index in [0.717, 1.165) is 50.9 Å². The molecule has 3 rings (SSSR count). The molecule has 4 nitrogen and oxygen atoms in total. The van der Waals surface area contributed by atoms with Gasteiger partial charge in [0.15, 0.2) is 0 Å². The van der Waals surface area contributed by atoms with Gasteiger partial charge >= 0.3 is 0 Å². The highest BCUT2D eigenvalue weighted by Crippen LogP contribution is 2.23. The van der Waals surface area contributed by atoms with Gasteiger partial charge in [0, 0.05) is 26.2 Å². The van der Waals surface area contributed by atoms with Crippen molar-refractivity contribution in [3.63, 3.8) is 0 Å². The lowest BCUT2D eigenvalue weighted by atomic mass is 10.1. The molecule has 0 saturated carbocycles. The van der Waals surface area contributed by atoms with Gasteiger partial charge in [0.1, 0.15) is 11.5 Å². The molecule has 1 fully saturated rings. The molecule has 0 spiro atoms. The molecule has 1 saturated heterocycles. The Bertz CT molecular complexity index is 630. The third kappa shape index (κ3) is 4.81. The van der Waals surface area contributed by atoms with E-state index in [2.05, 4.69) is 52.7 Å². The number of nitrogens with zero attached hydrogens (tertiary/aromatic N) is 1. The summed E-state index contributed by atoms with van der Waals surface area (Å²) in [5.41, 5.74) is 1.23. The van der Waals surface area contributed by atoms with E-state index in [1.54, 1.807) is 0 Å². The minimum absolute atomic E-state index is 0.257. The fraction of sp³-hybridized carbons (Fsp3) is 0.400. The Morgan fingerprint density at radius 2 is 1.92 bits per heavy atom. The van der Waals surface area contributed by atoms with E-state index in [4.69, 9.17) is 9.15 Å². The summed E-state index contributed by atoms with van der Waals surface area (Å²) in [4.78, 5) is 2.44. The van der Waals surface area contributed by atoms with Crippen LogP contribution in [0.5, 0.6) is 0 Å². The minimum atomic E-state index is 0.257. The van der Waals surface area contributed by atoms with E-state index in [9.17, 15) is 0 Å². The van der Waals surface area contributed by atoms with Crippen LogP contribution in [0.15, 0.2) is 53.0 Å². The van der Waals surface area contributed by atoms with Crippen molar-refractivity contribution in [2.75, 3.05) is 39.4 Å². The summed E-state index contributed by atoms with van der Waals surface area (Å²) in [7, 11) is 0. The zero-order chi connectivity index (χ0) is 16.6. The number of hydrogen-bond donors (Lipinski definition) is 1. The molecular formula is C20H26N2O2. The van der Waals surface area contributed by atoms with Crippen LogP contribution in [0.1, 0.15) is 23.1 Å². The highest BCUT2D eigenvalue weighted by atomic mass is 16.5. The van der Waals surface area contributed by atoms with Gasteiger partial charge in [0.05, 0.1) is 19.3 Å². The third-order valence-corrected chi connectivity index (χ3v) is 4.29. The van der Waals surface area contributed by atoms with Crippen LogP contribution in [0.3, 0.4) is 0 Å². The molecule has 1 unspecified atom stereocenters. The summed E-state index contributed by atoms with van der Waals surface area (Å²) in [6.45, 7) is 7.20. The molecule has 0 radical (unpaired) electrons. The van der Waals surface area contributed by atoms with Gasteiger partial charge in [0.2, 0.25) is 0 Å². The maximum atomic E-state index is 5.88. The normalized spacial score (nSPS) is 17.4. The molecule has 1 aromatic carbocycles. The predicted molar refractivity (Wildman–Crippen MR) is 96.9 cm³/mol. The number of hydrogen-bond acceptors (Lipinski definition) is 4. The highest BCUT2D eigenvalue weighted by molar-refractivity contribution is 5.48. The van der Waals surface area contributed by atoms with Crippen LogP contribution in [0.4, 0.5) is 0 Å². The zero-order valence-electron chi connectivity index (χ0n) is 14.3. The molecule has 0 amide bonds. The monoisotopic (exact) mass is 326 g/mol. The first-order valence-electron chi connectivity index (χ1n) is 8.63. The number of aryl methyl sites for hydroxylation is 1. The van der Waals surface area contributed by atoms with Crippen LogP contribution in [-0.2, 0) is 4.74 Å². The smallest absolute Gasteiger partial charge is 0.122 e. The molecule has 2 heterocycles. The molecule has 24 heavy (non-hydrogen) atoms. The van der Waals surface area contributed by atoms with Crippen molar-refractivity contribution in [3.8, 4) is 0 Å². The van der Waals surface area contributed by atoms with E-state index in [1.807, 2.05) is 19.1 Å². The maximum absolute atomic E-state index is 5.88. The Hall–Kier alpha value is -1.88. The van der Waals surface area contributed by atoms with Crippen molar-refractivity contribution >= 4 is 6.08 Å². The van der Waals surface area contributed by atoms with Gasteiger partial charge in [-0.2, -0.15) is 0 Å². The molecule has 1 aliphatic rings. The van der Waals surface area contributed by atoms with Crippen molar-refractivity contribution in [1.82, 2.24) is 10.2 Å². The molecule has 128 valence electrons. The molecule has 2 aromatic rings.